The van der Waals surface area contributed by atoms with Crippen molar-refractivity contribution in [3.63, 3.8) is 0 Å². The standard InChI is InChI=1S/C10H20N2O2S2/c1-3-12-8(6-16)9(13)4-7(5-15)10(14)11-2/h7-8,12,15-16H,3-6H2,1-2H3,(H,11,14)/t7-,8-/m0/s1. The molecule has 0 fully saturated rings. The van der Waals surface area contributed by atoms with E-state index in [2.05, 4.69) is 35.9 Å². The summed E-state index contributed by atoms with van der Waals surface area (Å²) in [5, 5.41) is 5.57. The third-order valence-corrected chi connectivity index (χ3v) is 3.11. The Kier molecular flexibility index (Phi) is 8.78. The molecule has 16 heavy (non-hydrogen) atoms. The summed E-state index contributed by atoms with van der Waals surface area (Å²) < 4.78 is 0. The minimum atomic E-state index is -0.359. The van der Waals surface area contributed by atoms with Crippen molar-refractivity contribution in [2.45, 2.75) is 19.4 Å². The number of hydrogen-bond donors (Lipinski definition) is 4. The second-order valence-electron chi connectivity index (χ2n) is 3.46. The van der Waals surface area contributed by atoms with Crippen LogP contribution >= 0.6 is 25.3 Å². The second-order valence-corrected chi connectivity index (χ2v) is 4.19. The Morgan fingerprint density at radius 3 is 2.25 bits per heavy atom. The first-order chi connectivity index (χ1) is 7.60. The Hall–Kier alpha value is -0.200. The van der Waals surface area contributed by atoms with Gasteiger partial charge in [0.25, 0.3) is 0 Å². The number of hydrogen-bond acceptors (Lipinski definition) is 5. The minimum absolute atomic E-state index is 0.0134. The summed E-state index contributed by atoms with van der Waals surface area (Å²) in [5.41, 5.74) is 0. The van der Waals surface area contributed by atoms with Gasteiger partial charge in [-0.1, -0.05) is 6.92 Å². The number of likely N-dealkylation sites (N-methyl/N-ethyl adjacent to an activating group) is 1. The first-order valence-corrected chi connectivity index (χ1v) is 6.56. The highest BCUT2D eigenvalue weighted by Gasteiger charge is 2.23. The van der Waals surface area contributed by atoms with E-state index in [1.807, 2.05) is 6.92 Å². The second kappa shape index (κ2) is 8.90. The topological polar surface area (TPSA) is 58.2 Å². The van der Waals surface area contributed by atoms with Crippen molar-refractivity contribution in [2.24, 2.45) is 5.92 Å². The normalized spacial score (nSPS) is 14.2. The number of thiol groups is 2. The number of rotatable bonds is 8. The molecular formula is C10H20N2O2S2. The molecule has 0 heterocycles. The summed E-state index contributed by atoms with van der Waals surface area (Å²) in [7, 11) is 1.56. The lowest BCUT2D eigenvalue weighted by atomic mass is 10.00. The summed E-state index contributed by atoms with van der Waals surface area (Å²) in [5.74, 6) is 0.329. The number of carbonyl (C=O) groups excluding carboxylic acids is 2. The van der Waals surface area contributed by atoms with Crippen LogP contribution < -0.4 is 10.6 Å². The zero-order valence-corrected chi connectivity index (χ0v) is 11.5. The maximum Gasteiger partial charge on any atom is 0.224 e. The number of Topliss-reactive ketones (excluding diaryl/α,β-unsaturated/α-hetero) is 1. The van der Waals surface area contributed by atoms with Gasteiger partial charge in [0.2, 0.25) is 5.91 Å². The Morgan fingerprint density at radius 2 is 1.88 bits per heavy atom. The quantitative estimate of drug-likeness (QED) is 0.472. The number of nitrogens with one attached hydrogen (secondary N) is 2. The first-order valence-electron chi connectivity index (χ1n) is 5.30. The molecule has 0 unspecified atom stereocenters. The van der Waals surface area contributed by atoms with Gasteiger partial charge in [-0.3, -0.25) is 9.59 Å². The molecular weight excluding hydrogens is 244 g/mol. The molecule has 0 aromatic carbocycles. The molecule has 0 saturated carbocycles. The molecule has 94 valence electrons. The van der Waals surface area contributed by atoms with Crippen LogP contribution in [0.3, 0.4) is 0 Å². The van der Waals surface area contributed by atoms with Crippen LogP contribution in [0.1, 0.15) is 13.3 Å². The summed E-state index contributed by atoms with van der Waals surface area (Å²) in [6, 6.07) is -0.277. The maximum absolute atomic E-state index is 11.8. The molecule has 6 heteroatoms. The monoisotopic (exact) mass is 264 g/mol. The summed E-state index contributed by atoms with van der Waals surface area (Å²) in [4.78, 5) is 23.2. The summed E-state index contributed by atoms with van der Waals surface area (Å²) >= 11 is 8.19. The van der Waals surface area contributed by atoms with Crippen molar-refractivity contribution in [3.8, 4) is 0 Å². The molecule has 0 aromatic rings. The van der Waals surface area contributed by atoms with Crippen molar-refractivity contribution in [1.29, 1.82) is 0 Å². The van der Waals surface area contributed by atoms with Crippen LogP contribution in [0.4, 0.5) is 0 Å². The van der Waals surface area contributed by atoms with Crippen LogP contribution in [0.15, 0.2) is 0 Å². The Morgan fingerprint density at radius 1 is 1.25 bits per heavy atom. The van der Waals surface area contributed by atoms with Crippen molar-refractivity contribution >= 4 is 36.9 Å². The molecule has 1 amide bonds. The van der Waals surface area contributed by atoms with Gasteiger partial charge in [-0.15, -0.1) is 0 Å². The predicted molar refractivity (Wildman–Crippen MR) is 72.4 cm³/mol. The molecule has 2 N–H and O–H groups in total. The van der Waals surface area contributed by atoms with Crippen LogP contribution in [-0.2, 0) is 9.59 Å². The van der Waals surface area contributed by atoms with E-state index in [1.165, 1.54) is 0 Å². The maximum atomic E-state index is 11.8. The molecule has 0 aliphatic heterocycles. The van der Waals surface area contributed by atoms with Gasteiger partial charge in [-0.05, 0) is 6.54 Å². The Balaban J connectivity index is 4.32. The largest absolute Gasteiger partial charge is 0.359 e. The molecule has 0 spiro atoms. The number of carbonyl (C=O) groups is 2. The Bertz CT molecular complexity index is 237. The SMILES string of the molecule is CCN[C@@H](CS)C(=O)C[C@@H](CS)C(=O)NC. The lowest BCUT2D eigenvalue weighted by molar-refractivity contribution is -0.129. The third-order valence-electron chi connectivity index (χ3n) is 2.31. The lowest BCUT2D eigenvalue weighted by Crippen LogP contribution is -2.41. The fourth-order valence-corrected chi connectivity index (χ4v) is 1.98. The Labute approximate surface area is 108 Å². The highest BCUT2D eigenvalue weighted by atomic mass is 32.1. The predicted octanol–water partition coefficient (Wildman–Crippen LogP) is 0.146. The van der Waals surface area contributed by atoms with E-state index >= 15 is 0 Å². The molecule has 0 aromatic heterocycles. The van der Waals surface area contributed by atoms with Gasteiger partial charge in [0.1, 0.15) is 0 Å². The summed E-state index contributed by atoms with van der Waals surface area (Å²) in [6.45, 7) is 2.64. The van der Waals surface area contributed by atoms with Gasteiger partial charge in [0.15, 0.2) is 5.78 Å². The van der Waals surface area contributed by atoms with Gasteiger partial charge < -0.3 is 10.6 Å². The van der Waals surface area contributed by atoms with Gasteiger partial charge in [-0.2, -0.15) is 25.3 Å². The smallest absolute Gasteiger partial charge is 0.224 e. The number of amides is 1. The molecule has 2 atom stereocenters. The van der Waals surface area contributed by atoms with Gasteiger partial charge in [0.05, 0.1) is 12.0 Å². The lowest BCUT2D eigenvalue weighted by Gasteiger charge is -2.17. The zero-order chi connectivity index (χ0) is 12.6. The molecule has 4 nitrogen and oxygen atoms in total. The van der Waals surface area contributed by atoms with E-state index in [0.29, 0.717) is 18.1 Å². The molecule has 0 aliphatic carbocycles. The van der Waals surface area contributed by atoms with Crippen LogP contribution in [0.5, 0.6) is 0 Å². The van der Waals surface area contributed by atoms with E-state index in [0.717, 1.165) is 0 Å². The van der Waals surface area contributed by atoms with E-state index < -0.39 is 0 Å². The number of ketones is 1. The molecule has 0 rings (SSSR count). The average molecular weight is 264 g/mol. The van der Waals surface area contributed by atoms with Crippen molar-refractivity contribution in [3.05, 3.63) is 0 Å². The molecule has 0 radical (unpaired) electrons. The highest BCUT2D eigenvalue weighted by molar-refractivity contribution is 7.80. The van der Waals surface area contributed by atoms with E-state index in [1.54, 1.807) is 7.05 Å². The molecule has 0 aliphatic rings. The van der Waals surface area contributed by atoms with Crippen LogP contribution in [0.2, 0.25) is 0 Å². The minimum Gasteiger partial charge on any atom is -0.359 e. The molecule has 0 saturated heterocycles. The fraction of sp³-hybridized carbons (Fsp3) is 0.800. The fourth-order valence-electron chi connectivity index (χ4n) is 1.36. The van der Waals surface area contributed by atoms with Crippen LogP contribution in [-0.4, -0.2) is 42.8 Å². The average Bonchev–Trinajstić information content (AvgIpc) is 2.31. The van der Waals surface area contributed by atoms with Gasteiger partial charge in [-0.25, -0.2) is 0 Å². The highest BCUT2D eigenvalue weighted by Crippen LogP contribution is 2.09. The first kappa shape index (κ1) is 15.8. The zero-order valence-electron chi connectivity index (χ0n) is 9.69. The van der Waals surface area contributed by atoms with Crippen molar-refractivity contribution in [1.82, 2.24) is 10.6 Å². The van der Waals surface area contributed by atoms with Gasteiger partial charge >= 0.3 is 0 Å². The summed E-state index contributed by atoms with van der Waals surface area (Å²) in [6.07, 6.45) is 0.210. The molecule has 0 bridgehead atoms. The van der Waals surface area contributed by atoms with E-state index in [9.17, 15) is 9.59 Å². The van der Waals surface area contributed by atoms with Gasteiger partial charge in [0, 0.05) is 25.0 Å². The van der Waals surface area contributed by atoms with Crippen molar-refractivity contribution in [2.75, 3.05) is 25.1 Å². The van der Waals surface area contributed by atoms with E-state index in [4.69, 9.17) is 0 Å². The van der Waals surface area contributed by atoms with Crippen LogP contribution in [0.25, 0.3) is 0 Å². The van der Waals surface area contributed by atoms with Crippen LogP contribution in [0, 0.1) is 5.92 Å². The van der Waals surface area contributed by atoms with Crippen molar-refractivity contribution < 1.29 is 9.59 Å². The third kappa shape index (κ3) is 5.23. The van der Waals surface area contributed by atoms with E-state index in [-0.39, 0.29) is 30.1 Å².